The zero-order chi connectivity index (χ0) is 12.9. The minimum absolute atomic E-state index is 0.214. The van der Waals surface area contributed by atoms with Crippen molar-refractivity contribution in [2.24, 2.45) is 0 Å². The van der Waals surface area contributed by atoms with Crippen molar-refractivity contribution in [2.45, 2.75) is 44.6 Å². The summed E-state index contributed by atoms with van der Waals surface area (Å²) < 4.78 is 22.7. The van der Waals surface area contributed by atoms with Gasteiger partial charge in [0.2, 0.25) is 0 Å². The molecule has 1 rings (SSSR count). The van der Waals surface area contributed by atoms with Crippen LogP contribution in [-0.4, -0.2) is 43.1 Å². The first-order valence-corrected chi connectivity index (χ1v) is 7.82. The second-order valence-electron chi connectivity index (χ2n) is 5.03. The number of sulfone groups is 1. The topological polar surface area (TPSA) is 83.5 Å². The first kappa shape index (κ1) is 14.4. The summed E-state index contributed by atoms with van der Waals surface area (Å²) in [5.41, 5.74) is -0.286. The summed E-state index contributed by atoms with van der Waals surface area (Å²) in [7, 11) is -2.85. The van der Waals surface area contributed by atoms with Crippen molar-refractivity contribution in [3.8, 4) is 0 Å². The molecule has 1 heterocycles. The number of rotatable bonds is 7. The molecule has 0 spiro atoms. The summed E-state index contributed by atoms with van der Waals surface area (Å²) in [4.78, 5) is 10.3. The Kier molecular flexibility index (Phi) is 4.94. The van der Waals surface area contributed by atoms with Gasteiger partial charge in [-0.3, -0.25) is 4.79 Å². The molecular formula is C11H21NO4S. The Balaban J connectivity index is 2.13. The predicted octanol–water partition coefficient (Wildman–Crippen LogP) is 0.798. The quantitative estimate of drug-likeness (QED) is 0.664. The zero-order valence-corrected chi connectivity index (χ0v) is 11.1. The van der Waals surface area contributed by atoms with Gasteiger partial charge in [0.1, 0.15) is 0 Å². The van der Waals surface area contributed by atoms with E-state index in [-0.39, 0.29) is 23.5 Å². The van der Waals surface area contributed by atoms with Crippen molar-refractivity contribution in [3.05, 3.63) is 0 Å². The normalized spacial score (nSPS) is 27.1. The molecule has 1 fully saturated rings. The molecule has 6 heteroatoms. The lowest BCUT2D eigenvalue weighted by molar-refractivity contribution is -0.137. The first-order chi connectivity index (χ1) is 7.83. The van der Waals surface area contributed by atoms with Gasteiger partial charge in [-0.2, -0.15) is 0 Å². The molecule has 0 aromatic carbocycles. The van der Waals surface area contributed by atoms with E-state index in [9.17, 15) is 13.2 Å². The smallest absolute Gasteiger partial charge is 0.303 e. The average molecular weight is 263 g/mol. The van der Waals surface area contributed by atoms with Crippen LogP contribution < -0.4 is 5.32 Å². The molecule has 0 radical (unpaired) electrons. The fourth-order valence-electron chi connectivity index (χ4n) is 2.12. The van der Waals surface area contributed by atoms with Crippen molar-refractivity contribution < 1.29 is 18.3 Å². The molecule has 5 nitrogen and oxygen atoms in total. The Morgan fingerprint density at radius 2 is 2.06 bits per heavy atom. The number of aliphatic carboxylic acids is 1. The van der Waals surface area contributed by atoms with E-state index in [1.807, 2.05) is 6.92 Å². The monoisotopic (exact) mass is 263 g/mol. The van der Waals surface area contributed by atoms with Crippen LogP contribution in [0, 0.1) is 0 Å². The Labute approximate surface area is 103 Å². The van der Waals surface area contributed by atoms with Crippen molar-refractivity contribution in [1.29, 1.82) is 0 Å². The molecule has 17 heavy (non-hydrogen) atoms. The maximum absolute atomic E-state index is 11.4. The number of carboxylic acids is 1. The molecular weight excluding hydrogens is 242 g/mol. The number of hydrogen-bond donors (Lipinski definition) is 2. The van der Waals surface area contributed by atoms with Crippen molar-refractivity contribution in [1.82, 2.24) is 5.32 Å². The third kappa shape index (κ3) is 5.50. The number of carbonyl (C=O) groups is 1. The van der Waals surface area contributed by atoms with Gasteiger partial charge in [-0.25, -0.2) is 8.42 Å². The van der Waals surface area contributed by atoms with Crippen LogP contribution in [0.25, 0.3) is 0 Å². The molecule has 0 unspecified atom stereocenters. The van der Waals surface area contributed by atoms with E-state index in [1.165, 1.54) is 0 Å². The van der Waals surface area contributed by atoms with Gasteiger partial charge in [0.05, 0.1) is 11.5 Å². The second kappa shape index (κ2) is 5.82. The van der Waals surface area contributed by atoms with Gasteiger partial charge in [-0.1, -0.05) is 6.42 Å². The summed E-state index contributed by atoms with van der Waals surface area (Å²) in [5, 5.41) is 11.7. The van der Waals surface area contributed by atoms with E-state index >= 15 is 0 Å². The number of nitrogens with one attached hydrogen (secondary N) is 1. The molecule has 1 aliphatic heterocycles. The Hall–Kier alpha value is -0.620. The van der Waals surface area contributed by atoms with Gasteiger partial charge in [0.25, 0.3) is 0 Å². The lowest BCUT2D eigenvalue weighted by Gasteiger charge is -2.23. The van der Waals surface area contributed by atoms with Crippen LogP contribution in [0.4, 0.5) is 0 Å². The molecule has 1 atom stereocenters. The van der Waals surface area contributed by atoms with E-state index in [1.54, 1.807) is 0 Å². The van der Waals surface area contributed by atoms with Crippen LogP contribution in [0.3, 0.4) is 0 Å². The molecule has 0 saturated carbocycles. The highest BCUT2D eigenvalue weighted by Crippen LogP contribution is 2.22. The summed E-state index contributed by atoms with van der Waals surface area (Å²) in [6.45, 7) is 2.69. The molecule has 0 aromatic rings. The van der Waals surface area contributed by atoms with Crippen LogP contribution in [0.2, 0.25) is 0 Å². The largest absolute Gasteiger partial charge is 0.481 e. The van der Waals surface area contributed by atoms with Gasteiger partial charge in [-0.05, 0) is 32.7 Å². The molecule has 0 bridgehead atoms. The third-order valence-electron chi connectivity index (χ3n) is 3.12. The number of carboxylic acid groups (broad SMARTS) is 1. The van der Waals surface area contributed by atoms with Crippen LogP contribution >= 0.6 is 0 Å². The summed E-state index contributed by atoms with van der Waals surface area (Å²) in [5.74, 6) is -0.267. The highest BCUT2D eigenvalue weighted by atomic mass is 32.2. The van der Waals surface area contributed by atoms with Gasteiger partial charge in [-0.15, -0.1) is 0 Å². The summed E-state index contributed by atoms with van der Waals surface area (Å²) >= 11 is 0. The van der Waals surface area contributed by atoms with Gasteiger partial charge in [0.15, 0.2) is 9.84 Å². The maximum Gasteiger partial charge on any atom is 0.303 e. The average Bonchev–Trinajstić information content (AvgIpc) is 2.47. The summed E-state index contributed by atoms with van der Waals surface area (Å²) in [6, 6.07) is 0. The molecule has 0 aromatic heterocycles. The fraction of sp³-hybridized carbons (Fsp3) is 0.909. The van der Waals surface area contributed by atoms with Gasteiger partial charge < -0.3 is 10.4 Å². The van der Waals surface area contributed by atoms with Gasteiger partial charge >= 0.3 is 5.97 Å². The minimum atomic E-state index is -2.85. The SMILES string of the molecule is C[C@@]1(NCCCCCC(=O)O)CCS(=O)(=O)C1. The molecule has 0 aliphatic carbocycles. The third-order valence-corrected chi connectivity index (χ3v) is 5.03. The molecule has 0 amide bonds. The standard InChI is InChI=1S/C11H21NO4S/c1-11(6-8-17(15,16)9-11)12-7-4-2-3-5-10(13)14/h12H,2-9H2,1H3,(H,13,14)/t11-/m1/s1. The maximum atomic E-state index is 11.4. The summed E-state index contributed by atoms with van der Waals surface area (Å²) in [6.07, 6.45) is 3.33. The van der Waals surface area contributed by atoms with E-state index in [0.717, 1.165) is 19.4 Å². The van der Waals surface area contributed by atoms with Crippen LogP contribution in [0.1, 0.15) is 39.0 Å². The number of hydrogen-bond acceptors (Lipinski definition) is 4. The van der Waals surface area contributed by atoms with E-state index in [0.29, 0.717) is 12.8 Å². The Morgan fingerprint density at radius 1 is 1.35 bits per heavy atom. The predicted molar refractivity (Wildman–Crippen MR) is 65.8 cm³/mol. The lowest BCUT2D eigenvalue weighted by Crippen LogP contribution is -2.43. The number of unbranched alkanes of at least 4 members (excludes halogenated alkanes) is 2. The van der Waals surface area contributed by atoms with E-state index < -0.39 is 15.8 Å². The highest BCUT2D eigenvalue weighted by molar-refractivity contribution is 7.91. The lowest BCUT2D eigenvalue weighted by atomic mass is 10.0. The molecule has 100 valence electrons. The Bertz CT molecular complexity index is 366. The molecule has 1 saturated heterocycles. The van der Waals surface area contributed by atoms with Gasteiger partial charge in [0, 0.05) is 12.0 Å². The molecule has 2 N–H and O–H groups in total. The van der Waals surface area contributed by atoms with Crippen molar-refractivity contribution >= 4 is 15.8 Å². The fourth-order valence-corrected chi connectivity index (χ4v) is 4.24. The Morgan fingerprint density at radius 3 is 2.59 bits per heavy atom. The molecule has 1 aliphatic rings. The first-order valence-electron chi connectivity index (χ1n) is 6.00. The highest BCUT2D eigenvalue weighted by Gasteiger charge is 2.37. The van der Waals surface area contributed by atoms with Crippen LogP contribution in [-0.2, 0) is 14.6 Å². The van der Waals surface area contributed by atoms with E-state index in [2.05, 4.69) is 5.32 Å². The van der Waals surface area contributed by atoms with Crippen molar-refractivity contribution in [2.75, 3.05) is 18.1 Å². The van der Waals surface area contributed by atoms with Crippen molar-refractivity contribution in [3.63, 3.8) is 0 Å². The zero-order valence-electron chi connectivity index (χ0n) is 10.2. The van der Waals surface area contributed by atoms with Crippen LogP contribution in [0.15, 0.2) is 0 Å². The van der Waals surface area contributed by atoms with Crippen LogP contribution in [0.5, 0.6) is 0 Å². The minimum Gasteiger partial charge on any atom is -0.481 e. The van der Waals surface area contributed by atoms with E-state index in [4.69, 9.17) is 5.11 Å². The second-order valence-corrected chi connectivity index (χ2v) is 7.22.